The lowest BCUT2D eigenvalue weighted by molar-refractivity contribution is 0.854. The van der Waals surface area contributed by atoms with Gasteiger partial charge in [0.15, 0.2) is 0 Å². The average molecular weight is 175 g/mol. The van der Waals surface area contributed by atoms with Crippen molar-refractivity contribution >= 4 is 6.08 Å². The summed E-state index contributed by atoms with van der Waals surface area (Å²) in [6.07, 6.45) is 6.02. The van der Waals surface area contributed by atoms with Gasteiger partial charge in [0.2, 0.25) is 0 Å². The molecule has 0 atom stereocenters. The van der Waals surface area contributed by atoms with Crippen LogP contribution in [-0.4, -0.2) is 4.98 Å². The molecule has 1 rings (SSSR count). The number of rotatable bonds is 2. The van der Waals surface area contributed by atoms with Gasteiger partial charge in [0, 0.05) is 6.20 Å². The quantitative estimate of drug-likeness (QED) is 0.670. The van der Waals surface area contributed by atoms with E-state index in [1.54, 1.807) is 0 Å². The molecule has 1 heterocycles. The molecule has 1 aromatic rings. The molecule has 70 valence electrons. The predicted octanol–water partition coefficient (Wildman–Crippen LogP) is 3.55. The fourth-order valence-corrected chi connectivity index (χ4v) is 1.26. The molecule has 0 spiro atoms. The summed E-state index contributed by atoms with van der Waals surface area (Å²) in [6.45, 7) is 8.49. The summed E-state index contributed by atoms with van der Waals surface area (Å²) in [4.78, 5) is 4.40. The third-order valence-corrected chi connectivity index (χ3v) is 2.13. The third-order valence-electron chi connectivity index (χ3n) is 2.13. The molecule has 0 amide bonds. The van der Waals surface area contributed by atoms with Gasteiger partial charge >= 0.3 is 0 Å². The molecule has 0 bridgehead atoms. The molecule has 1 nitrogen and oxygen atoms in total. The highest BCUT2D eigenvalue weighted by Crippen LogP contribution is 2.16. The zero-order valence-electron chi connectivity index (χ0n) is 8.83. The van der Waals surface area contributed by atoms with Crippen molar-refractivity contribution in [2.75, 3.05) is 0 Å². The van der Waals surface area contributed by atoms with Crippen LogP contribution in [0.1, 0.15) is 43.5 Å². The smallest absolute Gasteiger partial charge is 0.0655 e. The molecule has 0 fully saturated rings. The standard InChI is InChI=1S/C12H17N/c1-5-6-12-10(4)7-11(8-13-12)9(2)3/h5-9H,1-4H3/b6-5-. The Labute approximate surface area is 80.5 Å². The normalized spacial score (nSPS) is 11.5. The van der Waals surface area contributed by atoms with E-state index in [4.69, 9.17) is 0 Å². The number of pyridine rings is 1. The fraction of sp³-hybridized carbons (Fsp3) is 0.417. The summed E-state index contributed by atoms with van der Waals surface area (Å²) in [5, 5.41) is 0. The number of allylic oxidation sites excluding steroid dienone is 1. The van der Waals surface area contributed by atoms with Crippen molar-refractivity contribution in [3.63, 3.8) is 0 Å². The van der Waals surface area contributed by atoms with E-state index in [-0.39, 0.29) is 0 Å². The van der Waals surface area contributed by atoms with Crippen molar-refractivity contribution in [2.45, 2.75) is 33.6 Å². The Morgan fingerprint density at radius 1 is 1.38 bits per heavy atom. The largest absolute Gasteiger partial charge is 0.256 e. The van der Waals surface area contributed by atoms with E-state index in [1.807, 2.05) is 25.3 Å². The summed E-state index contributed by atoms with van der Waals surface area (Å²) in [5.74, 6) is 0.561. The molecule has 0 saturated carbocycles. The van der Waals surface area contributed by atoms with Gasteiger partial charge in [0.25, 0.3) is 0 Å². The highest BCUT2D eigenvalue weighted by atomic mass is 14.7. The molecule has 13 heavy (non-hydrogen) atoms. The van der Waals surface area contributed by atoms with Crippen molar-refractivity contribution in [3.05, 3.63) is 35.2 Å². The molecule has 0 N–H and O–H groups in total. The Bertz CT molecular complexity index is 311. The van der Waals surface area contributed by atoms with Gasteiger partial charge in [-0.3, -0.25) is 4.98 Å². The van der Waals surface area contributed by atoms with Crippen LogP contribution in [0.4, 0.5) is 0 Å². The van der Waals surface area contributed by atoms with Gasteiger partial charge in [0.05, 0.1) is 5.69 Å². The lowest BCUT2D eigenvalue weighted by atomic mass is 10.0. The molecule has 1 aromatic heterocycles. The molecule has 1 heteroatoms. The number of hydrogen-bond acceptors (Lipinski definition) is 1. The Kier molecular flexibility index (Phi) is 3.24. The van der Waals surface area contributed by atoms with Gasteiger partial charge in [-0.15, -0.1) is 0 Å². The van der Waals surface area contributed by atoms with Crippen molar-refractivity contribution in [2.24, 2.45) is 0 Å². The van der Waals surface area contributed by atoms with Crippen LogP contribution in [0.25, 0.3) is 6.08 Å². The summed E-state index contributed by atoms with van der Waals surface area (Å²) in [5.41, 5.74) is 3.64. The first kappa shape index (κ1) is 9.97. The first-order valence-corrected chi connectivity index (χ1v) is 4.74. The second-order valence-corrected chi connectivity index (χ2v) is 3.63. The summed E-state index contributed by atoms with van der Waals surface area (Å²) >= 11 is 0. The molecule has 0 unspecified atom stereocenters. The first-order valence-electron chi connectivity index (χ1n) is 4.74. The monoisotopic (exact) mass is 175 g/mol. The lowest BCUT2D eigenvalue weighted by Gasteiger charge is -2.07. The summed E-state index contributed by atoms with van der Waals surface area (Å²) < 4.78 is 0. The van der Waals surface area contributed by atoms with Crippen molar-refractivity contribution in [3.8, 4) is 0 Å². The molecule has 0 saturated heterocycles. The Morgan fingerprint density at radius 2 is 2.08 bits per heavy atom. The minimum atomic E-state index is 0.561. The average Bonchev–Trinajstić information content (AvgIpc) is 2.08. The van der Waals surface area contributed by atoms with Crippen molar-refractivity contribution in [1.29, 1.82) is 0 Å². The molecular formula is C12H17N. The Balaban J connectivity index is 3.05. The Morgan fingerprint density at radius 3 is 2.54 bits per heavy atom. The van der Waals surface area contributed by atoms with E-state index < -0.39 is 0 Å². The van der Waals surface area contributed by atoms with Gasteiger partial charge in [-0.05, 0) is 37.0 Å². The first-order chi connectivity index (χ1) is 6.15. The van der Waals surface area contributed by atoms with Crippen molar-refractivity contribution in [1.82, 2.24) is 4.98 Å². The number of aromatic nitrogens is 1. The van der Waals surface area contributed by atoms with E-state index in [9.17, 15) is 0 Å². The number of nitrogens with zero attached hydrogens (tertiary/aromatic N) is 1. The molecule has 0 aliphatic heterocycles. The predicted molar refractivity (Wildman–Crippen MR) is 57.8 cm³/mol. The zero-order valence-corrected chi connectivity index (χ0v) is 8.83. The minimum absolute atomic E-state index is 0.561. The van der Waals surface area contributed by atoms with Crippen LogP contribution in [0.2, 0.25) is 0 Å². The van der Waals surface area contributed by atoms with Gasteiger partial charge in [-0.2, -0.15) is 0 Å². The van der Waals surface area contributed by atoms with Crippen LogP contribution < -0.4 is 0 Å². The maximum Gasteiger partial charge on any atom is 0.0655 e. The molecule has 0 aliphatic rings. The van der Waals surface area contributed by atoms with Gasteiger partial charge in [-0.25, -0.2) is 0 Å². The highest BCUT2D eigenvalue weighted by Gasteiger charge is 2.01. The van der Waals surface area contributed by atoms with Crippen LogP contribution in [-0.2, 0) is 0 Å². The topological polar surface area (TPSA) is 12.9 Å². The van der Waals surface area contributed by atoms with Gasteiger partial charge < -0.3 is 0 Å². The fourth-order valence-electron chi connectivity index (χ4n) is 1.26. The van der Waals surface area contributed by atoms with E-state index in [2.05, 4.69) is 31.8 Å². The summed E-state index contributed by atoms with van der Waals surface area (Å²) in [6, 6.07) is 2.22. The molecule has 0 aliphatic carbocycles. The third kappa shape index (κ3) is 2.41. The second kappa shape index (κ2) is 4.22. The molecular weight excluding hydrogens is 158 g/mol. The van der Waals surface area contributed by atoms with E-state index in [1.165, 1.54) is 11.1 Å². The van der Waals surface area contributed by atoms with Crippen LogP contribution in [0.15, 0.2) is 18.3 Å². The lowest BCUT2D eigenvalue weighted by Crippen LogP contribution is -1.93. The van der Waals surface area contributed by atoms with Crippen LogP contribution in [0.5, 0.6) is 0 Å². The van der Waals surface area contributed by atoms with Crippen LogP contribution in [0, 0.1) is 6.92 Å². The SMILES string of the molecule is C/C=C\c1ncc(C(C)C)cc1C. The maximum absolute atomic E-state index is 4.40. The maximum atomic E-state index is 4.40. The van der Waals surface area contributed by atoms with E-state index >= 15 is 0 Å². The second-order valence-electron chi connectivity index (χ2n) is 3.63. The van der Waals surface area contributed by atoms with Crippen LogP contribution in [0.3, 0.4) is 0 Å². The Hall–Kier alpha value is -1.11. The van der Waals surface area contributed by atoms with E-state index in [0.717, 1.165) is 5.69 Å². The van der Waals surface area contributed by atoms with Gasteiger partial charge in [0.1, 0.15) is 0 Å². The van der Waals surface area contributed by atoms with Gasteiger partial charge in [-0.1, -0.05) is 26.0 Å². The number of aryl methyl sites for hydroxylation is 1. The molecule has 0 aromatic carbocycles. The summed E-state index contributed by atoms with van der Waals surface area (Å²) in [7, 11) is 0. The van der Waals surface area contributed by atoms with E-state index in [0.29, 0.717) is 5.92 Å². The van der Waals surface area contributed by atoms with Crippen LogP contribution >= 0.6 is 0 Å². The van der Waals surface area contributed by atoms with Crippen molar-refractivity contribution < 1.29 is 0 Å². The number of hydrogen-bond donors (Lipinski definition) is 0. The minimum Gasteiger partial charge on any atom is -0.256 e. The molecule has 0 radical (unpaired) electrons. The highest BCUT2D eigenvalue weighted by molar-refractivity contribution is 5.49. The zero-order chi connectivity index (χ0) is 9.84.